The number of alkyl halides is 4. The van der Waals surface area contributed by atoms with Crippen molar-refractivity contribution < 1.29 is 17.9 Å². The van der Waals surface area contributed by atoms with Crippen molar-refractivity contribution in [1.82, 2.24) is 4.98 Å². The van der Waals surface area contributed by atoms with E-state index in [4.69, 9.17) is 22.6 Å². The monoisotopic (exact) mass is 251 g/mol. The highest BCUT2D eigenvalue weighted by Gasteiger charge is 2.32. The molecular weight excluding hydrogens is 247 g/mol. The van der Waals surface area contributed by atoms with E-state index in [1.807, 2.05) is 0 Å². The third-order valence-electron chi connectivity index (χ3n) is 1.58. The molecule has 1 aromatic heterocycles. The van der Waals surface area contributed by atoms with E-state index in [2.05, 4.69) is 9.72 Å². The lowest BCUT2D eigenvalue weighted by Gasteiger charge is -2.10. The first-order valence-electron chi connectivity index (χ1n) is 3.88. The van der Waals surface area contributed by atoms with Crippen LogP contribution in [0, 0.1) is 11.3 Å². The van der Waals surface area contributed by atoms with Crippen molar-refractivity contribution >= 4 is 17.4 Å². The molecular formula is C8H5ClF3N3O. The molecule has 4 nitrogen and oxygen atoms in total. The molecule has 0 atom stereocenters. The van der Waals surface area contributed by atoms with Crippen LogP contribution in [0.3, 0.4) is 0 Å². The Bertz CT molecular complexity index is 441. The highest BCUT2D eigenvalue weighted by molar-refractivity contribution is 6.17. The first-order valence-corrected chi connectivity index (χ1v) is 4.42. The van der Waals surface area contributed by atoms with Crippen molar-refractivity contribution in [2.24, 2.45) is 0 Å². The number of anilines is 1. The summed E-state index contributed by atoms with van der Waals surface area (Å²) in [6, 6.07) is 2.62. The Balaban J connectivity index is 3.17. The zero-order valence-corrected chi connectivity index (χ0v) is 8.43. The van der Waals surface area contributed by atoms with Crippen LogP contribution in [0.1, 0.15) is 11.1 Å². The van der Waals surface area contributed by atoms with Crippen LogP contribution in [-0.4, -0.2) is 11.3 Å². The van der Waals surface area contributed by atoms with Crippen LogP contribution in [-0.2, 0) is 5.88 Å². The summed E-state index contributed by atoms with van der Waals surface area (Å²) in [7, 11) is 0. The van der Waals surface area contributed by atoms with Crippen molar-refractivity contribution in [3.8, 4) is 11.9 Å². The Kier molecular flexibility index (Phi) is 3.44. The molecule has 0 saturated heterocycles. The number of pyridine rings is 1. The lowest BCUT2D eigenvalue weighted by atomic mass is 10.1. The van der Waals surface area contributed by atoms with E-state index in [0.717, 1.165) is 6.07 Å². The van der Waals surface area contributed by atoms with Crippen molar-refractivity contribution in [1.29, 1.82) is 5.26 Å². The van der Waals surface area contributed by atoms with Gasteiger partial charge in [-0.3, -0.25) is 0 Å². The Hall–Kier alpha value is -1.68. The second-order valence-corrected chi connectivity index (χ2v) is 2.94. The second kappa shape index (κ2) is 4.45. The number of rotatable bonds is 2. The van der Waals surface area contributed by atoms with Crippen LogP contribution in [0.5, 0.6) is 5.88 Å². The first kappa shape index (κ1) is 12.4. The van der Waals surface area contributed by atoms with Crippen LogP contribution in [0.2, 0.25) is 0 Å². The fraction of sp³-hybridized carbons (Fsp3) is 0.250. The molecule has 1 heterocycles. The molecule has 2 N–H and O–H groups in total. The maximum Gasteiger partial charge on any atom is 0.574 e. The number of hydrogen-bond acceptors (Lipinski definition) is 4. The van der Waals surface area contributed by atoms with E-state index in [0.29, 0.717) is 0 Å². The molecule has 0 saturated carbocycles. The third kappa shape index (κ3) is 2.90. The highest BCUT2D eigenvalue weighted by atomic mass is 35.5. The molecule has 0 unspecified atom stereocenters. The number of nitrogen functional groups attached to an aromatic ring is 1. The van der Waals surface area contributed by atoms with Crippen molar-refractivity contribution in [3.63, 3.8) is 0 Å². The Morgan fingerprint density at radius 3 is 2.62 bits per heavy atom. The van der Waals surface area contributed by atoms with Crippen molar-refractivity contribution in [2.75, 3.05) is 5.73 Å². The van der Waals surface area contributed by atoms with Gasteiger partial charge in [-0.05, 0) is 5.56 Å². The number of nitrogens with two attached hydrogens (primary N) is 1. The van der Waals surface area contributed by atoms with Gasteiger partial charge in [0.2, 0.25) is 5.88 Å². The number of nitrogens with zero attached hydrogens (tertiary/aromatic N) is 2. The number of nitriles is 1. The van der Waals surface area contributed by atoms with E-state index in [1.165, 1.54) is 0 Å². The van der Waals surface area contributed by atoms with Gasteiger partial charge in [0.1, 0.15) is 11.9 Å². The summed E-state index contributed by atoms with van der Waals surface area (Å²) >= 11 is 5.45. The summed E-state index contributed by atoms with van der Waals surface area (Å²) in [5.41, 5.74) is 5.37. The number of ether oxygens (including phenoxy) is 1. The SMILES string of the molecule is N#Cc1c(CCl)cc(OC(F)(F)F)nc1N. The molecule has 0 aliphatic carbocycles. The van der Waals surface area contributed by atoms with Crippen LogP contribution in [0.25, 0.3) is 0 Å². The standard InChI is InChI=1S/C8H5ClF3N3O/c9-2-4-1-6(16-8(10,11)12)15-7(14)5(4)3-13/h1H,2H2,(H2,14,15). The summed E-state index contributed by atoms with van der Waals surface area (Å²) in [4.78, 5) is 3.29. The van der Waals surface area contributed by atoms with Gasteiger partial charge in [0.25, 0.3) is 0 Å². The second-order valence-electron chi connectivity index (χ2n) is 2.67. The Morgan fingerprint density at radius 2 is 2.19 bits per heavy atom. The molecule has 1 rings (SSSR count). The highest BCUT2D eigenvalue weighted by Crippen LogP contribution is 2.26. The topological polar surface area (TPSA) is 71.9 Å². The van der Waals surface area contributed by atoms with Gasteiger partial charge < -0.3 is 10.5 Å². The summed E-state index contributed by atoms with van der Waals surface area (Å²) in [6.45, 7) is 0. The maximum absolute atomic E-state index is 11.9. The van der Waals surface area contributed by atoms with Crippen molar-refractivity contribution in [2.45, 2.75) is 12.2 Å². The zero-order valence-electron chi connectivity index (χ0n) is 7.68. The molecule has 0 aliphatic rings. The van der Waals surface area contributed by atoms with Gasteiger partial charge in [0.15, 0.2) is 0 Å². The maximum atomic E-state index is 11.9. The van der Waals surface area contributed by atoms with Gasteiger partial charge in [0, 0.05) is 11.9 Å². The Labute approximate surface area is 93.4 Å². The van der Waals surface area contributed by atoms with Gasteiger partial charge in [0.05, 0.1) is 5.56 Å². The predicted octanol–water partition coefficient (Wildman–Crippen LogP) is 2.17. The van der Waals surface area contributed by atoms with Gasteiger partial charge in [-0.25, -0.2) is 0 Å². The predicted molar refractivity (Wildman–Crippen MR) is 49.6 cm³/mol. The molecule has 0 amide bonds. The van der Waals surface area contributed by atoms with Crippen LogP contribution in [0.4, 0.5) is 19.0 Å². The average Bonchev–Trinajstić information content (AvgIpc) is 2.14. The quantitative estimate of drug-likeness (QED) is 0.818. The van der Waals surface area contributed by atoms with E-state index >= 15 is 0 Å². The molecule has 0 bridgehead atoms. The number of hydrogen-bond donors (Lipinski definition) is 1. The normalized spacial score (nSPS) is 10.9. The third-order valence-corrected chi connectivity index (χ3v) is 1.87. The van der Waals surface area contributed by atoms with Crippen LogP contribution in [0.15, 0.2) is 6.07 Å². The van der Waals surface area contributed by atoms with Gasteiger partial charge in [-0.15, -0.1) is 24.8 Å². The largest absolute Gasteiger partial charge is 0.574 e. The molecule has 0 aliphatic heterocycles. The summed E-state index contributed by atoms with van der Waals surface area (Å²) in [5.74, 6) is -1.25. The molecule has 1 aromatic rings. The van der Waals surface area contributed by atoms with E-state index in [-0.39, 0.29) is 22.8 Å². The summed E-state index contributed by atoms with van der Waals surface area (Å²) in [5, 5.41) is 8.66. The average molecular weight is 252 g/mol. The van der Waals surface area contributed by atoms with E-state index in [1.54, 1.807) is 6.07 Å². The first-order chi connectivity index (χ1) is 7.37. The van der Waals surface area contributed by atoms with Crippen LogP contribution < -0.4 is 10.5 Å². The molecule has 0 spiro atoms. The minimum absolute atomic E-state index is 0.0514. The number of aromatic nitrogens is 1. The summed E-state index contributed by atoms with van der Waals surface area (Å²) < 4.78 is 39.2. The fourth-order valence-corrected chi connectivity index (χ4v) is 1.21. The molecule has 16 heavy (non-hydrogen) atoms. The van der Waals surface area contributed by atoms with E-state index < -0.39 is 12.2 Å². The van der Waals surface area contributed by atoms with E-state index in [9.17, 15) is 13.2 Å². The lowest BCUT2D eigenvalue weighted by molar-refractivity contribution is -0.276. The Morgan fingerprint density at radius 1 is 1.56 bits per heavy atom. The van der Waals surface area contributed by atoms with Gasteiger partial charge >= 0.3 is 6.36 Å². The minimum atomic E-state index is -4.86. The number of halogens is 4. The minimum Gasteiger partial charge on any atom is -0.388 e. The van der Waals surface area contributed by atoms with Crippen LogP contribution >= 0.6 is 11.6 Å². The molecule has 8 heteroatoms. The molecule has 0 fully saturated rings. The zero-order chi connectivity index (χ0) is 12.3. The van der Waals surface area contributed by atoms with Gasteiger partial charge in [-0.1, -0.05) is 0 Å². The smallest absolute Gasteiger partial charge is 0.388 e. The molecule has 0 aromatic carbocycles. The van der Waals surface area contributed by atoms with Gasteiger partial charge in [-0.2, -0.15) is 10.2 Å². The molecule has 0 radical (unpaired) electrons. The van der Waals surface area contributed by atoms with Crippen molar-refractivity contribution in [3.05, 3.63) is 17.2 Å². The fourth-order valence-electron chi connectivity index (χ4n) is 0.998. The summed E-state index contributed by atoms with van der Waals surface area (Å²) in [6.07, 6.45) is -4.86. The molecule has 86 valence electrons. The lowest BCUT2D eigenvalue weighted by Crippen LogP contribution is -2.18.